The Kier molecular flexibility index (Phi) is 4.23. The molecule has 0 aromatic carbocycles. The molecule has 24 heavy (non-hydrogen) atoms. The predicted octanol–water partition coefficient (Wildman–Crippen LogP) is 3.28. The van der Waals surface area contributed by atoms with Crippen molar-refractivity contribution in [3.8, 4) is 0 Å². The van der Waals surface area contributed by atoms with E-state index in [0.717, 1.165) is 25.7 Å². The van der Waals surface area contributed by atoms with E-state index >= 15 is 0 Å². The Bertz CT molecular complexity index is 578. The highest BCUT2D eigenvalue weighted by Gasteiger charge is 2.42. The van der Waals surface area contributed by atoms with Gasteiger partial charge >= 0.3 is 11.9 Å². The lowest BCUT2D eigenvalue weighted by atomic mass is 9.94. The fourth-order valence-electron chi connectivity index (χ4n) is 4.88. The molecule has 7 atom stereocenters. The highest BCUT2D eigenvalue weighted by atomic mass is 16.6. The van der Waals surface area contributed by atoms with Crippen LogP contribution < -0.4 is 0 Å². The second kappa shape index (κ2) is 6.38. The van der Waals surface area contributed by atoms with Crippen molar-refractivity contribution in [1.29, 1.82) is 0 Å². The first kappa shape index (κ1) is 15.9. The van der Waals surface area contributed by atoms with Gasteiger partial charge in [-0.05, 0) is 56.3 Å². The summed E-state index contributed by atoms with van der Waals surface area (Å²) in [6.45, 7) is 2.22. The number of hydrogen-bond acceptors (Lipinski definition) is 4. The van der Waals surface area contributed by atoms with Crippen molar-refractivity contribution in [2.45, 2.75) is 45.1 Å². The summed E-state index contributed by atoms with van der Waals surface area (Å²) in [5.41, 5.74) is 0. The van der Waals surface area contributed by atoms with Gasteiger partial charge in [0, 0.05) is 6.42 Å². The van der Waals surface area contributed by atoms with E-state index in [1.54, 1.807) is 0 Å². The van der Waals surface area contributed by atoms with Crippen molar-refractivity contribution >= 4 is 11.9 Å². The summed E-state index contributed by atoms with van der Waals surface area (Å²) in [4.78, 5) is 24.4. The first-order valence-corrected chi connectivity index (χ1v) is 9.34. The highest BCUT2D eigenvalue weighted by molar-refractivity contribution is 5.74. The number of carbonyl (C=O) groups excluding carboxylic acids is 2. The van der Waals surface area contributed by atoms with E-state index in [-0.39, 0.29) is 29.9 Å². The van der Waals surface area contributed by atoms with Gasteiger partial charge in [-0.2, -0.15) is 0 Å². The van der Waals surface area contributed by atoms with E-state index < -0.39 is 0 Å². The molecule has 0 heterocycles. The average Bonchev–Trinajstić information content (AvgIpc) is 3.34. The number of fused-ring (bicyclic) bond motifs is 4. The maximum Gasteiger partial charge on any atom is 0.309 e. The summed E-state index contributed by atoms with van der Waals surface area (Å²) in [5, 5.41) is 0. The monoisotopic (exact) mass is 330 g/mol. The summed E-state index contributed by atoms with van der Waals surface area (Å²) in [5.74, 6) is 1.81. The lowest BCUT2D eigenvalue weighted by molar-refractivity contribution is -0.156. The van der Waals surface area contributed by atoms with Gasteiger partial charge < -0.3 is 9.47 Å². The number of esters is 2. The molecular weight excluding hydrogens is 304 g/mol. The summed E-state index contributed by atoms with van der Waals surface area (Å²) in [7, 11) is 0. The Labute approximate surface area is 143 Å². The minimum atomic E-state index is -0.201. The SMILES string of the molecule is CC(CCOC(=O)C1CC2C=CC1C2)OC(=O)C1CC2C=CC1C2. The largest absolute Gasteiger partial charge is 0.465 e. The quantitative estimate of drug-likeness (QED) is 0.554. The Morgan fingerprint density at radius 1 is 0.917 bits per heavy atom. The number of hydrogen-bond donors (Lipinski definition) is 0. The Morgan fingerprint density at radius 3 is 2.00 bits per heavy atom. The van der Waals surface area contributed by atoms with Crippen LogP contribution in [0.1, 0.15) is 39.0 Å². The molecule has 0 aliphatic heterocycles. The molecule has 0 aromatic rings. The van der Waals surface area contributed by atoms with Gasteiger partial charge in [0.25, 0.3) is 0 Å². The van der Waals surface area contributed by atoms with Gasteiger partial charge in [-0.3, -0.25) is 9.59 Å². The molecule has 4 aliphatic carbocycles. The molecule has 0 N–H and O–H groups in total. The first-order valence-electron chi connectivity index (χ1n) is 9.34. The zero-order valence-corrected chi connectivity index (χ0v) is 14.2. The minimum Gasteiger partial charge on any atom is -0.465 e. The zero-order valence-electron chi connectivity index (χ0n) is 14.2. The molecule has 4 nitrogen and oxygen atoms in total. The van der Waals surface area contributed by atoms with E-state index in [9.17, 15) is 9.59 Å². The van der Waals surface area contributed by atoms with E-state index in [1.165, 1.54) is 0 Å². The smallest absolute Gasteiger partial charge is 0.309 e. The molecule has 0 spiro atoms. The van der Waals surface area contributed by atoms with Gasteiger partial charge in [0.05, 0.1) is 18.4 Å². The van der Waals surface area contributed by atoms with Crippen molar-refractivity contribution in [3.63, 3.8) is 0 Å². The molecule has 0 radical (unpaired) electrons. The second-order valence-electron chi connectivity index (χ2n) is 7.98. The maximum absolute atomic E-state index is 12.3. The van der Waals surface area contributed by atoms with Crippen LogP contribution >= 0.6 is 0 Å². The van der Waals surface area contributed by atoms with Crippen LogP contribution in [-0.4, -0.2) is 24.6 Å². The highest BCUT2D eigenvalue weighted by Crippen LogP contribution is 2.44. The van der Waals surface area contributed by atoms with Crippen LogP contribution in [0.2, 0.25) is 0 Å². The molecule has 4 aliphatic rings. The van der Waals surface area contributed by atoms with Crippen LogP contribution in [0.5, 0.6) is 0 Å². The van der Waals surface area contributed by atoms with Gasteiger partial charge in [0.1, 0.15) is 6.10 Å². The van der Waals surface area contributed by atoms with Crippen LogP contribution in [-0.2, 0) is 19.1 Å². The average molecular weight is 330 g/mol. The molecular formula is C20H26O4. The Balaban J connectivity index is 1.16. The fraction of sp³-hybridized carbons (Fsp3) is 0.700. The van der Waals surface area contributed by atoms with Crippen LogP contribution in [0.25, 0.3) is 0 Å². The first-order chi connectivity index (χ1) is 11.6. The standard InChI is InChI=1S/C20H26O4/c1-12(24-20(22)18-11-14-3-5-16(18)9-14)6-7-23-19(21)17-10-13-2-4-15(17)8-13/h2-5,12-18H,6-11H2,1H3. The van der Waals surface area contributed by atoms with Gasteiger partial charge in [0.2, 0.25) is 0 Å². The van der Waals surface area contributed by atoms with Gasteiger partial charge in [-0.1, -0.05) is 24.3 Å². The van der Waals surface area contributed by atoms with Gasteiger partial charge in [-0.25, -0.2) is 0 Å². The maximum atomic E-state index is 12.3. The molecule has 0 aromatic heterocycles. The molecule has 4 rings (SSSR count). The van der Waals surface area contributed by atoms with E-state index in [2.05, 4.69) is 24.3 Å². The molecule has 4 bridgehead atoms. The molecule has 130 valence electrons. The molecule has 4 heteroatoms. The number of allylic oxidation sites excluding steroid dienone is 4. The van der Waals surface area contributed by atoms with Crippen LogP contribution in [0, 0.1) is 35.5 Å². The van der Waals surface area contributed by atoms with E-state index in [1.807, 2.05) is 6.92 Å². The number of carbonyl (C=O) groups is 2. The topological polar surface area (TPSA) is 52.6 Å². The van der Waals surface area contributed by atoms with Crippen molar-refractivity contribution in [2.24, 2.45) is 35.5 Å². The van der Waals surface area contributed by atoms with Crippen molar-refractivity contribution in [2.75, 3.05) is 6.61 Å². The van der Waals surface area contributed by atoms with Crippen LogP contribution in [0.15, 0.2) is 24.3 Å². The Morgan fingerprint density at radius 2 is 1.50 bits per heavy atom. The third-order valence-electron chi connectivity index (χ3n) is 6.25. The Hall–Kier alpha value is -1.58. The van der Waals surface area contributed by atoms with E-state index in [0.29, 0.717) is 36.7 Å². The molecule has 2 saturated carbocycles. The van der Waals surface area contributed by atoms with Gasteiger partial charge in [0.15, 0.2) is 0 Å². The normalized spacial score (nSPS) is 39.4. The third kappa shape index (κ3) is 3.03. The number of ether oxygens (including phenoxy) is 2. The zero-order chi connectivity index (χ0) is 16.7. The molecule has 7 unspecified atom stereocenters. The summed E-state index contributed by atoms with van der Waals surface area (Å²) < 4.78 is 11.0. The molecule has 2 fully saturated rings. The van der Waals surface area contributed by atoms with Crippen molar-refractivity contribution in [1.82, 2.24) is 0 Å². The summed E-state index contributed by atoms with van der Waals surface area (Å²) in [6, 6.07) is 0. The van der Waals surface area contributed by atoms with E-state index in [4.69, 9.17) is 9.47 Å². The van der Waals surface area contributed by atoms with Crippen molar-refractivity contribution < 1.29 is 19.1 Å². The summed E-state index contributed by atoms with van der Waals surface area (Å²) >= 11 is 0. The lowest BCUT2D eigenvalue weighted by Crippen LogP contribution is -2.27. The predicted molar refractivity (Wildman–Crippen MR) is 88.8 cm³/mol. The molecule has 0 amide bonds. The third-order valence-corrected chi connectivity index (χ3v) is 6.25. The number of rotatable bonds is 6. The summed E-state index contributed by atoms with van der Waals surface area (Å²) in [6.07, 6.45) is 13.2. The van der Waals surface area contributed by atoms with Crippen LogP contribution in [0.4, 0.5) is 0 Å². The second-order valence-corrected chi connectivity index (χ2v) is 7.98. The fourth-order valence-corrected chi connectivity index (χ4v) is 4.88. The molecule has 0 saturated heterocycles. The van der Waals surface area contributed by atoms with Crippen molar-refractivity contribution in [3.05, 3.63) is 24.3 Å². The lowest BCUT2D eigenvalue weighted by Gasteiger charge is -2.21. The minimum absolute atomic E-state index is 0.0332. The van der Waals surface area contributed by atoms with Crippen LogP contribution in [0.3, 0.4) is 0 Å². The van der Waals surface area contributed by atoms with Gasteiger partial charge in [-0.15, -0.1) is 0 Å².